The smallest absolute Gasteiger partial charge is 0.0685 e. The van der Waals surface area contributed by atoms with Gasteiger partial charge in [0.25, 0.3) is 0 Å². The Hall–Kier alpha value is -0.900. The maximum absolute atomic E-state index is 6.46. The second-order valence-electron chi connectivity index (χ2n) is 5.60. The lowest BCUT2D eigenvalue weighted by atomic mass is 10.00. The number of halogens is 4. The molecule has 0 spiro atoms. The van der Waals surface area contributed by atoms with E-state index in [1.54, 1.807) is 12.1 Å². The van der Waals surface area contributed by atoms with Gasteiger partial charge in [0.2, 0.25) is 0 Å². The molecule has 1 aromatic heterocycles. The molecule has 3 N–H and O–H groups in total. The fourth-order valence-electron chi connectivity index (χ4n) is 2.92. The van der Waals surface area contributed by atoms with Gasteiger partial charge in [0.05, 0.1) is 31.3 Å². The standard InChI is InChI=1S/C18H16Cl4N2/c19-12-7-8-14(21)18-15(12)10(4-1-2-9-23)17(24-18)11-5-3-6-13(20)16(11)22/h3,5-8,24H,1-2,4,9,23H2. The van der Waals surface area contributed by atoms with Gasteiger partial charge in [-0.3, -0.25) is 0 Å². The van der Waals surface area contributed by atoms with E-state index >= 15 is 0 Å². The van der Waals surface area contributed by atoms with Gasteiger partial charge in [0.15, 0.2) is 0 Å². The van der Waals surface area contributed by atoms with Gasteiger partial charge in [-0.2, -0.15) is 0 Å². The molecular weight excluding hydrogens is 386 g/mol. The predicted molar refractivity (Wildman–Crippen MR) is 106 cm³/mol. The highest BCUT2D eigenvalue weighted by atomic mass is 35.5. The molecule has 126 valence electrons. The summed E-state index contributed by atoms with van der Waals surface area (Å²) in [6, 6.07) is 9.19. The van der Waals surface area contributed by atoms with Crippen LogP contribution in [0, 0.1) is 0 Å². The fourth-order valence-corrected chi connectivity index (χ4v) is 3.79. The summed E-state index contributed by atoms with van der Waals surface area (Å²) >= 11 is 25.4. The molecule has 0 aliphatic heterocycles. The zero-order valence-electron chi connectivity index (χ0n) is 12.8. The molecule has 0 bridgehead atoms. The van der Waals surface area contributed by atoms with Crippen molar-refractivity contribution in [3.63, 3.8) is 0 Å². The van der Waals surface area contributed by atoms with Crippen LogP contribution in [0.15, 0.2) is 30.3 Å². The Morgan fingerprint density at radius 3 is 2.38 bits per heavy atom. The molecule has 0 saturated carbocycles. The molecule has 0 amide bonds. The van der Waals surface area contributed by atoms with E-state index in [1.807, 2.05) is 18.2 Å². The summed E-state index contributed by atoms with van der Waals surface area (Å²) < 4.78 is 0. The maximum atomic E-state index is 6.46. The lowest BCUT2D eigenvalue weighted by Crippen LogP contribution is -1.99. The van der Waals surface area contributed by atoms with Crippen LogP contribution in [0.4, 0.5) is 0 Å². The number of aromatic nitrogens is 1. The molecule has 1 heterocycles. The number of rotatable bonds is 5. The topological polar surface area (TPSA) is 41.8 Å². The van der Waals surface area contributed by atoms with E-state index in [2.05, 4.69) is 4.98 Å². The van der Waals surface area contributed by atoms with Gasteiger partial charge in [-0.05, 0) is 49.6 Å². The minimum absolute atomic E-state index is 0.512. The van der Waals surface area contributed by atoms with E-state index < -0.39 is 0 Å². The summed E-state index contributed by atoms with van der Waals surface area (Å²) in [4.78, 5) is 3.39. The Kier molecular flexibility index (Phi) is 5.63. The molecule has 2 aromatic carbocycles. The van der Waals surface area contributed by atoms with Crippen molar-refractivity contribution in [3.05, 3.63) is 56.0 Å². The number of fused-ring (bicyclic) bond motifs is 1. The molecule has 2 nitrogen and oxygen atoms in total. The van der Waals surface area contributed by atoms with Gasteiger partial charge in [0.1, 0.15) is 0 Å². The average Bonchev–Trinajstić information content (AvgIpc) is 2.95. The van der Waals surface area contributed by atoms with Gasteiger partial charge in [-0.25, -0.2) is 0 Å². The first-order valence-corrected chi connectivity index (χ1v) is 9.18. The van der Waals surface area contributed by atoms with Crippen molar-refractivity contribution in [2.45, 2.75) is 19.3 Å². The highest BCUT2D eigenvalue weighted by molar-refractivity contribution is 6.44. The van der Waals surface area contributed by atoms with Crippen LogP contribution in [0.1, 0.15) is 18.4 Å². The zero-order chi connectivity index (χ0) is 17.3. The van der Waals surface area contributed by atoms with Crippen molar-refractivity contribution in [2.24, 2.45) is 5.73 Å². The summed E-state index contributed by atoms with van der Waals surface area (Å²) in [5.41, 5.74) is 9.29. The molecule has 0 unspecified atom stereocenters. The molecule has 0 aliphatic carbocycles. The fraction of sp³-hybridized carbons (Fsp3) is 0.222. The van der Waals surface area contributed by atoms with Crippen molar-refractivity contribution in [1.82, 2.24) is 4.98 Å². The van der Waals surface area contributed by atoms with Crippen LogP contribution in [-0.2, 0) is 6.42 Å². The summed E-state index contributed by atoms with van der Waals surface area (Å²) in [6.45, 7) is 0.657. The van der Waals surface area contributed by atoms with Crippen LogP contribution in [-0.4, -0.2) is 11.5 Å². The number of nitrogens with two attached hydrogens (primary N) is 1. The first-order valence-electron chi connectivity index (χ1n) is 7.67. The quantitative estimate of drug-likeness (QED) is 0.457. The van der Waals surface area contributed by atoms with Crippen molar-refractivity contribution >= 4 is 57.3 Å². The van der Waals surface area contributed by atoms with Gasteiger partial charge in [-0.1, -0.05) is 58.5 Å². The van der Waals surface area contributed by atoms with Gasteiger partial charge in [0, 0.05) is 10.9 Å². The second kappa shape index (κ2) is 7.55. The summed E-state index contributed by atoms with van der Waals surface area (Å²) in [5, 5.41) is 3.25. The van der Waals surface area contributed by atoms with E-state index in [4.69, 9.17) is 52.1 Å². The Morgan fingerprint density at radius 2 is 1.62 bits per heavy atom. The number of aromatic amines is 1. The number of unbranched alkanes of at least 4 members (excludes halogenated alkanes) is 1. The molecule has 0 radical (unpaired) electrons. The Morgan fingerprint density at radius 1 is 0.875 bits per heavy atom. The Bertz CT molecular complexity index is 886. The van der Waals surface area contributed by atoms with E-state index in [1.165, 1.54) is 0 Å². The monoisotopic (exact) mass is 400 g/mol. The number of hydrogen-bond donors (Lipinski definition) is 2. The molecule has 24 heavy (non-hydrogen) atoms. The first-order chi connectivity index (χ1) is 11.5. The molecule has 0 atom stereocenters. The third-order valence-electron chi connectivity index (χ3n) is 4.06. The van der Waals surface area contributed by atoms with Crippen molar-refractivity contribution in [2.75, 3.05) is 6.54 Å². The number of benzene rings is 2. The van der Waals surface area contributed by atoms with Crippen LogP contribution < -0.4 is 5.73 Å². The average molecular weight is 402 g/mol. The Balaban J connectivity index is 2.26. The number of nitrogens with one attached hydrogen (secondary N) is 1. The lowest BCUT2D eigenvalue weighted by molar-refractivity contribution is 0.748. The molecular formula is C18H16Cl4N2. The Labute approximate surface area is 160 Å². The lowest BCUT2D eigenvalue weighted by Gasteiger charge is -2.08. The molecule has 0 aliphatic rings. The van der Waals surface area contributed by atoms with Gasteiger partial charge in [-0.15, -0.1) is 0 Å². The minimum atomic E-state index is 0.512. The van der Waals surface area contributed by atoms with E-state index in [9.17, 15) is 0 Å². The summed E-state index contributed by atoms with van der Waals surface area (Å²) in [7, 11) is 0. The van der Waals surface area contributed by atoms with Crippen molar-refractivity contribution < 1.29 is 0 Å². The van der Waals surface area contributed by atoms with Crippen molar-refractivity contribution in [3.8, 4) is 11.3 Å². The number of H-pyrrole nitrogens is 1. The molecule has 3 aromatic rings. The zero-order valence-corrected chi connectivity index (χ0v) is 15.8. The van der Waals surface area contributed by atoms with E-state index in [0.29, 0.717) is 26.6 Å². The maximum Gasteiger partial charge on any atom is 0.0685 e. The van der Waals surface area contributed by atoms with Gasteiger partial charge < -0.3 is 10.7 Å². The van der Waals surface area contributed by atoms with Crippen molar-refractivity contribution in [1.29, 1.82) is 0 Å². The van der Waals surface area contributed by atoms with Crippen LogP contribution in [0.3, 0.4) is 0 Å². The molecule has 0 saturated heterocycles. The van der Waals surface area contributed by atoms with Crippen LogP contribution >= 0.6 is 46.4 Å². The molecule has 6 heteroatoms. The molecule has 3 rings (SSSR count). The highest BCUT2D eigenvalue weighted by Gasteiger charge is 2.19. The highest BCUT2D eigenvalue weighted by Crippen LogP contribution is 2.41. The minimum Gasteiger partial charge on any atom is -0.353 e. The van der Waals surface area contributed by atoms with Crippen LogP contribution in [0.5, 0.6) is 0 Å². The SMILES string of the molecule is NCCCCc1c(-c2cccc(Cl)c2Cl)[nH]c2c(Cl)ccc(Cl)c12. The van der Waals surface area contributed by atoms with Crippen LogP contribution in [0.25, 0.3) is 22.2 Å². The van der Waals surface area contributed by atoms with E-state index in [-0.39, 0.29) is 0 Å². The third-order valence-corrected chi connectivity index (χ3v) is 5.51. The van der Waals surface area contributed by atoms with Gasteiger partial charge >= 0.3 is 0 Å². The van der Waals surface area contributed by atoms with E-state index in [0.717, 1.165) is 47.0 Å². The largest absolute Gasteiger partial charge is 0.353 e. The normalized spacial score (nSPS) is 11.4. The first kappa shape index (κ1) is 17.9. The number of hydrogen-bond acceptors (Lipinski definition) is 1. The third kappa shape index (κ3) is 3.26. The summed E-state index contributed by atoms with van der Waals surface area (Å²) in [5.74, 6) is 0. The van der Waals surface area contributed by atoms with Crippen LogP contribution in [0.2, 0.25) is 20.1 Å². The number of aryl methyl sites for hydroxylation is 1. The predicted octanol–water partition coefficient (Wildman–Crippen LogP) is 6.73. The second-order valence-corrected chi connectivity index (χ2v) is 7.20. The molecule has 0 fully saturated rings. The summed E-state index contributed by atoms with van der Waals surface area (Å²) in [6.07, 6.45) is 2.72.